The zero-order valence-corrected chi connectivity index (χ0v) is 21.0. The van der Waals surface area contributed by atoms with Crippen LogP contribution in [0.15, 0.2) is 12.1 Å². The molecule has 0 aliphatic rings. The third-order valence-corrected chi connectivity index (χ3v) is 12.9. The second kappa shape index (κ2) is 9.83. The Morgan fingerprint density at radius 2 is 1.73 bits per heavy atom. The quantitative estimate of drug-likeness (QED) is 0.241. The summed E-state index contributed by atoms with van der Waals surface area (Å²) in [6.45, 7) is 12.1. The number of carbonyl (C=O) groups is 1. The van der Waals surface area contributed by atoms with Crippen molar-refractivity contribution in [3.63, 3.8) is 0 Å². The number of Topliss-reactive ketones (excluding diaryl/α,β-unsaturated/α-hetero) is 1. The van der Waals surface area contributed by atoms with Gasteiger partial charge in [0.05, 0.1) is 12.0 Å². The topological polar surface area (TPSA) is 82.1 Å². The van der Waals surface area contributed by atoms with Crippen molar-refractivity contribution >= 4 is 43.8 Å². The number of thiophene rings is 1. The first-order chi connectivity index (χ1) is 13.9. The maximum Gasteiger partial charge on any atom is 0.695 e. The number of rotatable bonds is 10. The van der Waals surface area contributed by atoms with Gasteiger partial charge in [0.2, 0.25) is 5.78 Å². The maximum atomic E-state index is 15.6. The van der Waals surface area contributed by atoms with Gasteiger partial charge >= 0.3 is 8.25 Å². The first-order valence-electron chi connectivity index (χ1n) is 9.76. The first-order valence-corrected chi connectivity index (χ1v) is 13.9. The average Bonchev–Trinajstić information content (AvgIpc) is 3.08. The van der Waals surface area contributed by atoms with Crippen LogP contribution in [0.1, 0.15) is 51.2 Å². The van der Waals surface area contributed by atoms with E-state index >= 15 is 4.39 Å². The van der Waals surface area contributed by atoms with E-state index in [0.29, 0.717) is 4.70 Å². The number of benzene rings is 1. The van der Waals surface area contributed by atoms with Crippen LogP contribution in [0.25, 0.3) is 10.1 Å². The van der Waals surface area contributed by atoms with Gasteiger partial charge in [-0.2, -0.15) is 0 Å². The van der Waals surface area contributed by atoms with Crippen LogP contribution in [-0.4, -0.2) is 32.7 Å². The normalized spacial score (nSPS) is 12.9. The molecule has 0 saturated carbocycles. The molecule has 0 aliphatic heterocycles. The van der Waals surface area contributed by atoms with E-state index in [4.69, 9.17) is 14.1 Å². The average molecular weight is 476 g/mol. The van der Waals surface area contributed by atoms with E-state index in [0.717, 1.165) is 11.3 Å². The SMILES string of the molecule is COc1cc2sc(C(=O)CO[P+](=O)O)cc2c(F)c1O[Si](C(C)C)(C(C)C)C(C)C. The Hall–Kier alpha value is -1.38. The summed E-state index contributed by atoms with van der Waals surface area (Å²) in [5.74, 6) is -0.689. The van der Waals surface area contributed by atoms with E-state index in [1.165, 1.54) is 13.2 Å². The lowest BCUT2D eigenvalue weighted by Crippen LogP contribution is -2.51. The van der Waals surface area contributed by atoms with Crippen molar-refractivity contribution in [1.29, 1.82) is 0 Å². The molecule has 0 radical (unpaired) electrons. The van der Waals surface area contributed by atoms with Crippen LogP contribution in [0, 0.1) is 5.82 Å². The largest absolute Gasteiger partial charge is 0.695 e. The Morgan fingerprint density at radius 3 is 2.20 bits per heavy atom. The van der Waals surface area contributed by atoms with Crippen LogP contribution in [0.2, 0.25) is 16.6 Å². The number of ketones is 1. The van der Waals surface area contributed by atoms with Gasteiger partial charge in [0.25, 0.3) is 8.32 Å². The molecule has 2 rings (SSSR count). The second-order valence-corrected chi connectivity index (χ2v) is 15.3. The molecule has 6 nitrogen and oxygen atoms in total. The summed E-state index contributed by atoms with van der Waals surface area (Å²) in [6, 6.07) is 3.10. The third-order valence-electron chi connectivity index (χ3n) is 5.47. The molecule has 0 spiro atoms. The zero-order chi connectivity index (χ0) is 22.8. The molecular weight excluding hydrogens is 446 g/mol. The highest BCUT2D eigenvalue weighted by Crippen LogP contribution is 2.47. The van der Waals surface area contributed by atoms with Crippen molar-refractivity contribution in [2.24, 2.45) is 0 Å². The van der Waals surface area contributed by atoms with Crippen LogP contribution in [0.4, 0.5) is 4.39 Å². The lowest BCUT2D eigenvalue weighted by Gasteiger charge is -2.42. The Balaban J connectivity index is 2.59. The predicted molar refractivity (Wildman–Crippen MR) is 120 cm³/mol. The monoisotopic (exact) mass is 475 g/mol. The Kier molecular flexibility index (Phi) is 8.15. The molecule has 0 saturated heterocycles. The zero-order valence-electron chi connectivity index (χ0n) is 18.3. The molecule has 0 aliphatic carbocycles. The van der Waals surface area contributed by atoms with Crippen molar-refractivity contribution in [3.8, 4) is 11.5 Å². The second-order valence-electron chi connectivity index (χ2n) is 8.10. The van der Waals surface area contributed by atoms with Crippen molar-refractivity contribution < 1.29 is 32.3 Å². The molecule has 1 aromatic carbocycles. The lowest BCUT2D eigenvalue weighted by atomic mass is 10.2. The number of hydrogen-bond donors (Lipinski definition) is 1. The molecule has 1 N–H and O–H groups in total. The van der Waals surface area contributed by atoms with Crippen LogP contribution in [0.5, 0.6) is 11.5 Å². The van der Waals surface area contributed by atoms with Gasteiger partial charge in [-0.15, -0.1) is 20.8 Å². The highest BCUT2D eigenvalue weighted by molar-refractivity contribution is 7.32. The summed E-state index contributed by atoms with van der Waals surface area (Å²) in [5, 5.41) is 0.256. The van der Waals surface area contributed by atoms with E-state index in [1.807, 2.05) is 0 Å². The summed E-state index contributed by atoms with van der Waals surface area (Å²) >= 11 is 1.08. The molecule has 0 fully saturated rings. The van der Waals surface area contributed by atoms with Crippen molar-refractivity contribution in [1.82, 2.24) is 0 Å². The van der Waals surface area contributed by atoms with Gasteiger partial charge in [-0.25, -0.2) is 4.39 Å². The molecule has 30 heavy (non-hydrogen) atoms. The van der Waals surface area contributed by atoms with E-state index < -0.39 is 34.8 Å². The summed E-state index contributed by atoms with van der Waals surface area (Å²) in [7, 11) is -3.86. The van der Waals surface area contributed by atoms with Crippen LogP contribution in [0.3, 0.4) is 0 Å². The first kappa shape index (κ1) is 24.9. The molecule has 0 bridgehead atoms. The minimum Gasteiger partial charge on any atom is -0.538 e. The molecular formula is C20H29FO6PSSi+. The number of fused-ring (bicyclic) bond motifs is 1. The lowest BCUT2D eigenvalue weighted by molar-refractivity contribution is 0.0921. The molecule has 2 aromatic rings. The van der Waals surface area contributed by atoms with E-state index in [-0.39, 0.29) is 38.4 Å². The van der Waals surface area contributed by atoms with Gasteiger partial charge in [-0.3, -0.25) is 4.79 Å². The van der Waals surface area contributed by atoms with E-state index in [9.17, 15) is 9.36 Å². The fourth-order valence-electron chi connectivity index (χ4n) is 4.20. The number of halogens is 1. The van der Waals surface area contributed by atoms with Gasteiger partial charge in [-0.1, -0.05) is 41.5 Å². The van der Waals surface area contributed by atoms with Gasteiger partial charge in [-0.05, 0) is 22.7 Å². The fraction of sp³-hybridized carbons (Fsp3) is 0.550. The molecule has 10 heteroatoms. The number of methoxy groups -OCH3 is 1. The maximum absolute atomic E-state index is 15.6. The molecule has 1 heterocycles. The smallest absolute Gasteiger partial charge is 0.538 e. The number of hydrogen-bond acceptors (Lipinski definition) is 6. The van der Waals surface area contributed by atoms with Crippen molar-refractivity contribution in [3.05, 3.63) is 22.8 Å². The van der Waals surface area contributed by atoms with Gasteiger partial charge in [0, 0.05) is 20.7 Å². The molecule has 1 atom stereocenters. The highest BCUT2D eigenvalue weighted by Gasteiger charge is 2.48. The summed E-state index contributed by atoms with van der Waals surface area (Å²) in [4.78, 5) is 21.2. The number of ether oxygens (including phenoxy) is 1. The molecule has 1 unspecified atom stereocenters. The van der Waals surface area contributed by atoms with Crippen molar-refractivity contribution in [2.45, 2.75) is 58.2 Å². The van der Waals surface area contributed by atoms with Crippen LogP contribution < -0.4 is 9.16 Å². The Labute approximate surface area is 182 Å². The van der Waals surface area contributed by atoms with E-state index in [1.54, 1.807) is 6.07 Å². The number of carbonyl (C=O) groups excluding carboxylic acids is 1. The van der Waals surface area contributed by atoms with Crippen LogP contribution in [-0.2, 0) is 9.09 Å². The summed E-state index contributed by atoms with van der Waals surface area (Å²) < 4.78 is 43.3. The minimum absolute atomic E-state index is 0.0826. The van der Waals surface area contributed by atoms with Crippen LogP contribution >= 0.6 is 19.6 Å². The van der Waals surface area contributed by atoms with Gasteiger partial charge < -0.3 is 9.16 Å². The minimum atomic E-state index is -2.88. The van der Waals surface area contributed by atoms with Gasteiger partial charge in [0.15, 0.2) is 23.9 Å². The molecule has 166 valence electrons. The van der Waals surface area contributed by atoms with Crippen molar-refractivity contribution in [2.75, 3.05) is 13.7 Å². The molecule has 1 aromatic heterocycles. The van der Waals surface area contributed by atoms with Gasteiger partial charge in [0.1, 0.15) is 0 Å². The van der Waals surface area contributed by atoms with E-state index in [2.05, 4.69) is 46.1 Å². The Morgan fingerprint density at radius 1 is 1.17 bits per heavy atom. The standard InChI is InChI=1S/C20H28FO6PSSi/c1-11(2)30(12(3)4,13(5)6)27-20-16(25-7)9-17-14(19(20)21)8-18(29-17)15(22)10-26-28(23)24/h8-9,11-13H,10H2,1-7H3/p+1. The summed E-state index contributed by atoms with van der Waals surface area (Å²) in [6.07, 6.45) is 0. The predicted octanol–water partition coefficient (Wildman–Crippen LogP) is 6.45. The Bertz CT molecular complexity index is 921. The highest BCUT2D eigenvalue weighted by atomic mass is 32.1. The third kappa shape index (κ3) is 4.75. The molecule has 0 amide bonds. The summed E-state index contributed by atoms with van der Waals surface area (Å²) in [5.41, 5.74) is 0.735. The fourth-order valence-corrected chi connectivity index (χ4v) is 10.7.